The van der Waals surface area contributed by atoms with E-state index in [0.29, 0.717) is 10.4 Å². The molecule has 1 aliphatic rings. The summed E-state index contributed by atoms with van der Waals surface area (Å²) in [6.07, 6.45) is 1.94. The summed E-state index contributed by atoms with van der Waals surface area (Å²) in [7, 11) is 0. The molecule has 1 aliphatic heterocycles. The van der Waals surface area contributed by atoms with Crippen LogP contribution in [0.4, 0.5) is 0 Å². The highest BCUT2D eigenvalue weighted by molar-refractivity contribution is 9.09. The molecule has 0 unspecified atom stereocenters. The van der Waals surface area contributed by atoms with Crippen LogP contribution >= 0.6 is 27.5 Å². The molecule has 1 aromatic rings. The van der Waals surface area contributed by atoms with Crippen LogP contribution in [-0.4, -0.2) is 35.3 Å². The van der Waals surface area contributed by atoms with E-state index < -0.39 is 0 Å². The number of ether oxygens (including phenoxy) is 1. The molecule has 1 fully saturated rings. The third-order valence-electron chi connectivity index (χ3n) is 3.03. The van der Waals surface area contributed by atoms with Gasteiger partial charge in [-0.3, -0.25) is 4.79 Å². The summed E-state index contributed by atoms with van der Waals surface area (Å²) in [6.45, 7) is 1.53. The number of amides is 1. The summed E-state index contributed by atoms with van der Waals surface area (Å²) in [5.74, 6) is 0.990. The molecule has 0 aromatic heterocycles. The number of carbonyl (C=O) groups is 1. The number of nitrogens with zero attached hydrogens (tertiary/aromatic N) is 1. The number of halogens is 2. The van der Waals surface area contributed by atoms with Crippen LogP contribution in [0.3, 0.4) is 0 Å². The molecule has 0 radical (unpaired) electrons. The first-order valence-corrected chi connectivity index (χ1v) is 7.45. The second-order valence-corrected chi connectivity index (χ2v) is 5.28. The summed E-state index contributed by atoms with van der Waals surface area (Å²) < 4.78 is 5.86. The average molecular weight is 333 g/mol. The van der Waals surface area contributed by atoms with Gasteiger partial charge in [0, 0.05) is 31.0 Å². The van der Waals surface area contributed by atoms with E-state index in [4.69, 9.17) is 16.3 Å². The maximum absolute atomic E-state index is 11.5. The Bertz CT molecular complexity index is 402. The highest BCUT2D eigenvalue weighted by Gasteiger charge is 2.23. The van der Waals surface area contributed by atoms with Crippen molar-refractivity contribution in [1.82, 2.24) is 4.90 Å². The molecular formula is C13H15BrClNO2. The Labute approximate surface area is 120 Å². The topological polar surface area (TPSA) is 29.5 Å². The third kappa shape index (κ3) is 3.62. The minimum Gasteiger partial charge on any atom is -0.490 e. The maximum atomic E-state index is 11.5. The molecule has 98 valence electrons. The van der Waals surface area contributed by atoms with Crippen LogP contribution in [0.2, 0.25) is 5.02 Å². The summed E-state index contributed by atoms with van der Waals surface area (Å²) >= 11 is 9.01. The van der Waals surface area contributed by atoms with E-state index in [-0.39, 0.29) is 12.0 Å². The van der Waals surface area contributed by atoms with Gasteiger partial charge in [-0.25, -0.2) is 0 Å². The monoisotopic (exact) mass is 331 g/mol. The van der Waals surface area contributed by atoms with Crippen molar-refractivity contribution in [3.05, 3.63) is 29.3 Å². The number of likely N-dealkylation sites (tertiary alicyclic amines) is 1. The number of piperidine rings is 1. The minimum absolute atomic E-state index is 0.153. The zero-order valence-corrected chi connectivity index (χ0v) is 12.3. The molecule has 3 nitrogen and oxygen atoms in total. The molecule has 0 saturated carbocycles. The molecule has 0 aliphatic carbocycles. The zero-order valence-electron chi connectivity index (χ0n) is 9.94. The van der Waals surface area contributed by atoms with Gasteiger partial charge >= 0.3 is 0 Å². The highest BCUT2D eigenvalue weighted by Crippen LogP contribution is 2.21. The Morgan fingerprint density at radius 2 is 1.94 bits per heavy atom. The summed E-state index contributed by atoms with van der Waals surface area (Å²) in [4.78, 5) is 13.4. The van der Waals surface area contributed by atoms with Crippen molar-refractivity contribution in [1.29, 1.82) is 0 Å². The number of alkyl halides is 1. The van der Waals surface area contributed by atoms with Gasteiger partial charge in [0.05, 0.1) is 5.33 Å². The predicted octanol–water partition coefficient (Wildman–Crippen LogP) is 3.10. The van der Waals surface area contributed by atoms with Crippen LogP contribution in [0.25, 0.3) is 0 Å². The highest BCUT2D eigenvalue weighted by atomic mass is 79.9. The summed E-state index contributed by atoms with van der Waals surface area (Å²) in [5, 5.41) is 1.11. The van der Waals surface area contributed by atoms with Crippen molar-refractivity contribution in [2.45, 2.75) is 18.9 Å². The Kier molecular flexibility index (Phi) is 4.89. The van der Waals surface area contributed by atoms with Gasteiger partial charge in [-0.05, 0) is 24.3 Å². The number of hydrogen-bond donors (Lipinski definition) is 0. The lowest BCUT2D eigenvalue weighted by molar-refractivity contribution is -0.130. The standard InChI is InChI=1S/C13H15BrClNO2/c14-9-13(17)16-7-5-12(6-8-16)18-11-3-1-10(15)2-4-11/h1-4,12H,5-9H2. The van der Waals surface area contributed by atoms with Crippen molar-refractivity contribution in [2.24, 2.45) is 0 Å². The van der Waals surface area contributed by atoms with Crippen molar-refractivity contribution in [3.63, 3.8) is 0 Å². The molecule has 1 saturated heterocycles. The molecular weight excluding hydrogens is 318 g/mol. The van der Waals surface area contributed by atoms with Gasteiger partial charge in [0.1, 0.15) is 11.9 Å². The van der Waals surface area contributed by atoms with E-state index in [0.717, 1.165) is 31.7 Å². The van der Waals surface area contributed by atoms with Crippen LogP contribution in [0, 0.1) is 0 Å². The Balaban J connectivity index is 1.83. The number of hydrogen-bond acceptors (Lipinski definition) is 2. The van der Waals surface area contributed by atoms with Crippen molar-refractivity contribution in [3.8, 4) is 5.75 Å². The maximum Gasteiger partial charge on any atom is 0.233 e. The lowest BCUT2D eigenvalue weighted by Crippen LogP contribution is -2.42. The van der Waals surface area contributed by atoms with Gasteiger partial charge in [-0.1, -0.05) is 27.5 Å². The first-order chi connectivity index (χ1) is 8.69. The molecule has 0 spiro atoms. The second-order valence-electron chi connectivity index (χ2n) is 4.29. The summed E-state index contributed by atoms with van der Waals surface area (Å²) in [6, 6.07) is 7.39. The van der Waals surface area contributed by atoms with Crippen LogP contribution in [0.5, 0.6) is 5.75 Å². The van der Waals surface area contributed by atoms with Gasteiger partial charge in [0.2, 0.25) is 5.91 Å². The van der Waals surface area contributed by atoms with Gasteiger partial charge < -0.3 is 9.64 Å². The van der Waals surface area contributed by atoms with Crippen molar-refractivity contribution in [2.75, 3.05) is 18.4 Å². The minimum atomic E-state index is 0.153. The van der Waals surface area contributed by atoms with Crippen LogP contribution in [0.1, 0.15) is 12.8 Å². The largest absolute Gasteiger partial charge is 0.490 e. The first kappa shape index (κ1) is 13.7. The Morgan fingerprint density at radius 1 is 1.33 bits per heavy atom. The zero-order chi connectivity index (χ0) is 13.0. The lowest BCUT2D eigenvalue weighted by Gasteiger charge is -2.31. The molecule has 0 N–H and O–H groups in total. The number of rotatable bonds is 3. The molecule has 1 heterocycles. The molecule has 0 atom stereocenters. The number of benzene rings is 1. The van der Waals surface area contributed by atoms with Gasteiger partial charge in [-0.15, -0.1) is 0 Å². The normalized spacial score (nSPS) is 16.7. The fraction of sp³-hybridized carbons (Fsp3) is 0.462. The van der Waals surface area contributed by atoms with Crippen molar-refractivity contribution >= 4 is 33.4 Å². The van der Waals surface area contributed by atoms with E-state index in [1.165, 1.54) is 0 Å². The first-order valence-electron chi connectivity index (χ1n) is 5.95. The van der Waals surface area contributed by atoms with Gasteiger partial charge in [0.25, 0.3) is 0 Å². The molecule has 5 heteroatoms. The number of carbonyl (C=O) groups excluding carboxylic acids is 1. The fourth-order valence-electron chi connectivity index (χ4n) is 2.01. The van der Waals surface area contributed by atoms with Crippen molar-refractivity contribution < 1.29 is 9.53 Å². The Morgan fingerprint density at radius 3 is 2.50 bits per heavy atom. The average Bonchev–Trinajstić information content (AvgIpc) is 2.41. The smallest absolute Gasteiger partial charge is 0.233 e. The third-order valence-corrected chi connectivity index (χ3v) is 3.76. The predicted molar refractivity (Wildman–Crippen MR) is 75.5 cm³/mol. The molecule has 1 aromatic carbocycles. The van der Waals surface area contributed by atoms with E-state index in [1.807, 2.05) is 29.2 Å². The van der Waals surface area contributed by atoms with Gasteiger partial charge in [0.15, 0.2) is 0 Å². The molecule has 0 bridgehead atoms. The van der Waals surface area contributed by atoms with Gasteiger partial charge in [-0.2, -0.15) is 0 Å². The van der Waals surface area contributed by atoms with Crippen LogP contribution in [-0.2, 0) is 4.79 Å². The SMILES string of the molecule is O=C(CBr)N1CCC(Oc2ccc(Cl)cc2)CC1. The Hall–Kier alpha value is -0.740. The molecule has 18 heavy (non-hydrogen) atoms. The second kappa shape index (κ2) is 6.43. The fourth-order valence-corrected chi connectivity index (χ4v) is 2.49. The lowest BCUT2D eigenvalue weighted by atomic mass is 10.1. The van der Waals surface area contributed by atoms with E-state index >= 15 is 0 Å². The van der Waals surface area contributed by atoms with Crippen LogP contribution < -0.4 is 4.74 Å². The van der Waals surface area contributed by atoms with E-state index in [2.05, 4.69) is 15.9 Å². The van der Waals surface area contributed by atoms with E-state index in [9.17, 15) is 4.79 Å². The van der Waals surface area contributed by atoms with E-state index in [1.54, 1.807) is 0 Å². The van der Waals surface area contributed by atoms with Crippen LogP contribution in [0.15, 0.2) is 24.3 Å². The molecule has 2 rings (SSSR count). The quantitative estimate of drug-likeness (QED) is 0.796. The molecule has 1 amide bonds. The summed E-state index contributed by atoms with van der Waals surface area (Å²) in [5.41, 5.74) is 0.